The Morgan fingerprint density at radius 2 is 1.95 bits per heavy atom. The van der Waals surface area contributed by atoms with E-state index < -0.39 is 12.0 Å². The first-order chi connectivity index (χ1) is 9.86. The molecule has 0 saturated carbocycles. The average Bonchev–Trinajstić information content (AvgIpc) is 2.38. The lowest BCUT2D eigenvalue weighted by Crippen LogP contribution is -2.40. The van der Waals surface area contributed by atoms with Gasteiger partial charge in [-0.3, -0.25) is 4.79 Å². The summed E-state index contributed by atoms with van der Waals surface area (Å²) in [4.78, 5) is 35.8. The van der Waals surface area contributed by atoms with Crippen LogP contribution >= 0.6 is 0 Å². The number of aryl methyl sites for hydroxylation is 1. The molecule has 0 radical (unpaired) electrons. The number of urea groups is 1. The summed E-state index contributed by atoms with van der Waals surface area (Å²) in [6, 6.07) is 4.27. The number of carboxylic acids is 1. The number of hydrogen-bond donors (Lipinski definition) is 3. The number of carbonyl (C=O) groups excluding carboxylic acids is 2. The Labute approximate surface area is 122 Å². The van der Waals surface area contributed by atoms with Gasteiger partial charge < -0.3 is 20.6 Å². The van der Waals surface area contributed by atoms with E-state index in [4.69, 9.17) is 0 Å². The molecule has 21 heavy (non-hydrogen) atoms. The van der Waals surface area contributed by atoms with Gasteiger partial charge in [-0.15, -0.1) is 0 Å². The predicted molar refractivity (Wildman–Crippen MR) is 78.5 cm³/mol. The van der Waals surface area contributed by atoms with Crippen LogP contribution in [-0.2, 0) is 4.79 Å². The number of hydrogen-bond acceptors (Lipinski definition) is 3. The van der Waals surface area contributed by atoms with Crippen molar-refractivity contribution in [3.8, 4) is 0 Å². The lowest BCUT2D eigenvalue weighted by atomic mass is 10.1. The van der Waals surface area contributed by atoms with E-state index in [0.717, 1.165) is 0 Å². The number of amides is 3. The molecule has 0 spiro atoms. The largest absolute Gasteiger partial charge is 0.478 e. The van der Waals surface area contributed by atoms with Crippen molar-refractivity contribution in [3.63, 3.8) is 0 Å². The van der Waals surface area contributed by atoms with Crippen LogP contribution < -0.4 is 10.6 Å². The second-order valence-corrected chi connectivity index (χ2v) is 4.54. The molecule has 0 unspecified atom stereocenters. The fourth-order valence-corrected chi connectivity index (χ4v) is 1.81. The maximum atomic E-state index is 12.0. The monoisotopic (exact) mass is 293 g/mol. The van der Waals surface area contributed by atoms with E-state index in [1.54, 1.807) is 26.0 Å². The fraction of sp³-hybridized carbons (Fsp3) is 0.357. The Bertz CT molecular complexity index is 557. The third-order valence-electron chi connectivity index (χ3n) is 2.83. The normalized spacial score (nSPS) is 9.86. The Balaban J connectivity index is 2.82. The van der Waals surface area contributed by atoms with E-state index in [-0.39, 0.29) is 23.7 Å². The van der Waals surface area contributed by atoms with Crippen LogP contribution in [0, 0.1) is 6.92 Å². The van der Waals surface area contributed by atoms with Crippen molar-refractivity contribution in [2.24, 2.45) is 0 Å². The standard InChI is InChI=1S/C14H19N3O4/c1-4-15-11(18)8-17(3)14(21)16-10-7-5-6-9(2)12(10)13(19)20/h5-7H,4,8H2,1-3H3,(H,15,18)(H,16,21)(H,19,20). The summed E-state index contributed by atoms with van der Waals surface area (Å²) in [5.41, 5.74) is 0.791. The minimum Gasteiger partial charge on any atom is -0.478 e. The SMILES string of the molecule is CCNC(=O)CN(C)C(=O)Nc1cccc(C)c1C(=O)O. The van der Waals surface area contributed by atoms with Gasteiger partial charge >= 0.3 is 12.0 Å². The molecule has 1 rings (SSSR count). The molecule has 0 bridgehead atoms. The van der Waals surface area contributed by atoms with Crippen molar-refractivity contribution in [1.29, 1.82) is 0 Å². The van der Waals surface area contributed by atoms with Gasteiger partial charge in [-0.2, -0.15) is 0 Å². The minimum atomic E-state index is -1.12. The second kappa shape index (κ2) is 7.28. The molecule has 0 aliphatic rings. The number of aromatic carboxylic acids is 1. The van der Waals surface area contributed by atoms with Crippen LogP contribution in [0.5, 0.6) is 0 Å². The highest BCUT2D eigenvalue weighted by molar-refractivity contribution is 6.01. The Morgan fingerprint density at radius 1 is 1.29 bits per heavy atom. The number of rotatable bonds is 5. The van der Waals surface area contributed by atoms with Crippen LogP contribution in [0.3, 0.4) is 0 Å². The smallest absolute Gasteiger partial charge is 0.338 e. The van der Waals surface area contributed by atoms with Crippen molar-refractivity contribution in [1.82, 2.24) is 10.2 Å². The zero-order chi connectivity index (χ0) is 16.0. The van der Waals surface area contributed by atoms with E-state index in [1.807, 2.05) is 0 Å². The van der Waals surface area contributed by atoms with E-state index >= 15 is 0 Å². The van der Waals surface area contributed by atoms with Gasteiger partial charge in [-0.25, -0.2) is 9.59 Å². The summed E-state index contributed by atoms with van der Waals surface area (Å²) in [7, 11) is 1.46. The summed E-state index contributed by atoms with van der Waals surface area (Å²) in [6.45, 7) is 3.81. The van der Waals surface area contributed by atoms with Gasteiger partial charge in [-0.05, 0) is 25.5 Å². The molecular formula is C14H19N3O4. The first-order valence-electron chi connectivity index (χ1n) is 6.48. The molecule has 0 fully saturated rings. The zero-order valence-electron chi connectivity index (χ0n) is 12.3. The van der Waals surface area contributed by atoms with Crippen LogP contribution in [0.1, 0.15) is 22.8 Å². The van der Waals surface area contributed by atoms with Gasteiger partial charge in [-0.1, -0.05) is 12.1 Å². The van der Waals surface area contributed by atoms with E-state index in [2.05, 4.69) is 10.6 Å². The first kappa shape index (κ1) is 16.5. The van der Waals surface area contributed by atoms with Crippen molar-refractivity contribution in [2.75, 3.05) is 25.5 Å². The van der Waals surface area contributed by atoms with Gasteiger partial charge in [0.1, 0.15) is 6.54 Å². The highest BCUT2D eigenvalue weighted by atomic mass is 16.4. The van der Waals surface area contributed by atoms with Crippen LogP contribution in [0.15, 0.2) is 18.2 Å². The van der Waals surface area contributed by atoms with Gasteiger partial charge in [0.25, 0.3) is 0 Å². The number of nitrogens with one attached hydrogen (secondary N) is 2. The number of anilines is 1. The summed E-state index contributed by atoms with van der Waals surface area (Å²) in [6.07, 6.45) is 0. The third kappa shape index (κ3) is 4.48. The van der Waals surface area contributed by atoms with Crippen molar-refractivity contribution in [3.05, 3.63) is 29.3 Å². The van der Waals surface area contributed by atoms with Crippen molar-refractivity contribution in [2.45, 2.75) is 13.8 Å². The molecule has 7 heteroatoms. The van der Waals surface area contributed by atoms with Crippen LogP contribution in [-0.4, -0.2) is 48.1 Å². The molecular weight excluding hydrogens is 274 g/mol. The number of nitrogens with zero attached hydrogens (tertiary/aromatic N) is 1. The summed E-state index contributed by atoms with van der Waals surface area (Å²) >= 11 is 0. The molecule has 0 heterocycles. The lowest BCUT2D eigenvalue weighted by Gasteiger charge is -2.18. The Kier molecular flexibility index (Phi) is 5.71. The van der Waals surface area contributed by atoms with Gasteiger partial charge in [0, 0.05) is 13.6 Å². The zero-order valence-corrected chi connectivity index (χ0v) is 12.3. The molecule has 0 atom stereocenters. The lowest BCUT2D eigenvalue weighted by molar-refractivity contribution is -0.121. The van der Waals surface area contributed by atoms with Crippen LogP contribution in [0.25, 0.3) is 0 Å². The fourth-order valence-electron chi connectivity index (χ4n) is 1.81. The number of likely N-dealkylation sites (N-methyl/N-ethyl adjacent to an activating group) is 2. The van der Waals surface area contributed by atoms with Crippen molar-refractivity contribution >= 4 is 23.6 Å². The summed E-state index contributed by atoms with van der Waals surface area (Å²) in [5.74, 6) is -1.40. The highest BCUT2D eigenvalue weighted by Crippen LogP contribution is 2.19. The molecule has 1 aromatic rings. The topological polar surface area (TPSA) is 98.7 Å². The Hall–Kier alpha value is -2.57. The molecule has 7 nitrogen and oxygen atoms in total. The molecule has 0 aliphatic carbocycles. The minimum absolute atomic E-state index is 0.0391. The molecule has 114 valence electrons. The quantitative estimate of drug-likeness (QED) is 0.762. The molecule has 3 N–H and O–H groups in total. The Morgan fingerprint density at radius 3 is 2.52 bits per heavy atom. The third-order valence-corrected chi connectivity index (χ3v) is 2.83. The second-order valence-electron chi connectivity index (χ2n) is 4.54. The van der Waals surface area contributed by atoms with E-state index in [0.29, 0.717) is 12.1 Å². The molecule has 0 aromatic heterocycles. The van der Waals surface area contributed by atoms with Crippen LogP contribution in [0.4, 0.5) is 10.5 Å². The van der Waals surface area contributed by atoms with Crippen LogP contribution in [0.2, 0.25) is 0 Å². The van der Waals surface area contributed by atoms with Crippen molar-refractivity contribution < 1.29 is 19.5 Å². The molecule has 0 saturated heterocycles. The predicted octanol–water partition coefficient (Wildman–Crippen LogP) is 1.29. The average molecular weight is 293 g/mol. The first-order valence-corrected chi connectivity index (χ1v) is 6.48. The van der Waals surface area contributed by atoms with Gasteiger partial charge in [0.15, 0.2) is 0 Å². The maximum Gasteiger partial charge on any atom is 0.338 e. The molecule has 0 aliphatic heterocycles. The molecule has 1 aromatic carbocycles. The number of carboxylic acid groups (broad SMARTS) is 1. The number of carbonyl (C=O) groups is 3. The summed E-state index contributed by atoms with van der Waals surface area (Å²) < 4.78 is 0. The van der Waals surface area contributed by atoms with Gasteiger partial charge in [0.2, 0.25) is 5.91 Å². The van der Waals surface area contributed by atoms with E-state index in [9.17, 15) is 19.5 Å². The van der Waals surface area contributed by atoms with Gasteiger partial charge in [0.05, 0.1) is 11.3 Å². The number of benzene rings is 1. The summed E-state index contributed by atoms with van der Waals surface area (Å²) in [5, 5.41) is 14.3. The highest BCUT2D eigenvalue weighted by Gasteiger charge is 2.17. The molecule has 3 amide bonds. The maximum absolute atomic E-state index is 12.0. The van der Waals surface area contributed by atoms with E-state index in [1.165, 1.54) is 18.0 Å².